The molecule has 0 amide bonds. The molecule has 56 valence electrons. The molecule has 0 aliphatic carbocycles. The lowest BCUT2D eigenvalue weighted by Crippen LogP contribution is -2.06. The van der Waals surface area contributed by atoms with Crippen LogP contribution in [0.2, 0.25) is 6.04 Å². The van der Waals surface area contributed by atoms with Gasteiger partial charge in [0.2, 0.25) is 0 Å². The Morgan fingerprint density at radius 3 is 2.67 bits per heavy atom. The van der Waals surface area contributed by atoms with E-state index in [2.05, 4.69) is 15.9 Å². The van der Waals surface area contributed by atoms with Gasteiger partial charge in [0.1, 0.15) is 4.84 Å². The molecule has 0 bridgehead atoms. The first kappa shape index (κ1) is 10.2. The van der Waals surface area contributed by atoms with Crippen LogP contribution in [0.3, 0.4) is 0 Å². The van der Waals surface area contributed by atoms with Crippen molar-refractivity contribution in [2.75, 3.05) is 11.9 Å². The third-order valence-corrected chi connectivity index (χ3v) is 3.68. The van der Waals surface area contributed by atoms with Crippen LogP contribution in [0.5, 0.6) is 0 Å². The van der Waals surface area contributed by atoms with Crippen LogP contribution in [0.1, 0.15) is 0 Å². The molecule has 0 saturated carbocycles. The minimum absolute atomic E-state index is 0.347. The number of alkyl halides is 3. The Labute approximate surface area is 76.1 Å². The van der Waals surface area contributed by atoms with E-state index in [0.717, 1.165) is 11.4 Å². The largest absolute Gasteiger partial charge is 0.421 e. The van der Waals surface area contributed by atoms with E-state index in [1.165, 1.54) is 0 Å². The van der Waals surface area contributed by atoms with Crippen molar-refractivity contribution in [3.63, 3.8) is 0 Å². The maximum absolute atomic E-state index is 5.41. The molecular weight excluding hydrogens is 243 g/mol. The lowest BCUT2D eigenvalue weighted by Gasteiger charge is -2.01. The van der Waals surface area contributed by atoms with Gasteiger partial charge < -0.3 is 4.43 Å². The van der Waals surface area contributed by atoms with Gasteiger partial charge in [0.25, 0.3) is 0 Å². The van der Waals surface area contributed by atoms with E-state index >= 15 is 0 Å². The summed E-state index contributed by atoms with van der Waals surface area (Å²) in [7, 11) is -0.347. The smallest absolute Gasteiger partial charge is 0.162 e. The average Bonchev–Trinajstić information content (AvgIpc) is 1.80. The van der Waals surface area contributed by atoms with E-state index in [-0.39, 0.29) is 14.6 Å². The Morgan fingerprint density at radius 2 is 2.22 bits per heavy atom. The van der Waals surface area contributed by atoms with Crippen LogP contribution in [-0.2, 0) is 4.43 Å². The highest BCUT2D eigenvalue weighted by atomic mass is 79.9. The molecule has 0 aliphatic heterocycles. The second-order valence-corrected chi connectivity index (χ2v) is 5.10. The van der Waals surface area contributed by atoms with Crippen LogP contribution < -0.4 is 0 Å². The van der Waals surface area contributed by atoms with Crippen molar-refractivity contribution in [1.82, 2.24) is 0 Å². The fourth-order valence-corrected chi connectivity index (χ4v) is 2.21. The van der Waals surface area contributed by atoms with E-state index in [9.17, 15) is 0 Å². The number of hydrogen-bond donors (Lipinski definition) is 0. The molecule has 0 heterocycles. The fourth-order valence-electron chi connectivity index (χ4n) is 0.329. The first-order valence-electron chi connectivity index (χ1n) is 2.69. The molecule has 1 nitrogen and oxygen atoms in total. The van der Waals surface area contributed by atoms with Gasteiger partial charge in [-0.15, -0.1) is 23.2 Å². The molecule has 0 aromatic rings. The summed E-state index contributed by atoms with van der Waals surface area (Å²) in [4.78, 5) is -0.354. The number of hydrogen-bond acceptors (Lipinski definition) is 1. The summed E-state index contributed by atoms with van der Waals surface area (Å²) in [6.07, 6.45) is 0. The Balaban J connectivity index is 2.75. The normalized spacial score (nSPS) is 12.0. The van der Waals surface area contributed by atoms with Gasteiger partial charge in [-0.2, -0.15) is 0 Å². The van der Waals surface area contributed by atoms with Crippen molar-refractivity contribution in [2.24, 2.45) is 0 Å². The summed E-state index contributed by atoms with van der Waals surface area (Å²) in [6.45, 7) is 0.488. The molecule has 0 rings (SSSR count). The zero-order valence-electron chi connectivity index (χ0n) is 4.95. The summed E-state index contributed by atoms with van der Waals surface area (Å²) in [6, 6.07) is 1.14. The van der Waals surface area contributed by atoms with Crippen molar-refractivity contribution in [1.29, 1.82) is 0 Å². The zero-order valence-corrected chi connectivity index (χ0v) is 9.46. The Bertz CT molecular complexity index is 64.5. The second kappa shape index (κ2) is 7.35. The predicted molar refractivity (Wildman–Crippen MR) is 48.6 cm³/mol. The summed E-state index contributed by atoms with van der Waals surface area (Å²) in [5.74, 6) is 0. The summed E-state index contributed by atoms with van der Waals surface area (Å²) in [5.41, 5.74) is 0. The van der Waals surface area contributed by atoms with Gasteiger partial charge in [-0.3, -0.25) is 0 Å². The molecule has 0 aliphatic rings. The van der Waals surface area contributed by atoms with E-state index in [1.807, 2.05) is 0 Å². The Kier molecular flexibility index (Phi) is 8.35. The molecule has 0 spiro atoms. The predicted octanol–water partition coefficient (Wildman–Crippen LogP) is 1.70. The average molecular weight is 252 g/mol. The third kappa shape index (κ3) is 9.24. The lowest BCUT2D eigenvalue weighted by atomic mass is 10.9. The van der Waals surface area contributed by atoms with Gasteiger partial charge in [0, 0.05) is 5.33 Å². The molecule has 0 saturated heterocycles. The maximum atomic E-state index is 5.41. The van der Waals surface area contributed by atoms with Crippen molar-refractivity contribution in [2.45, 2.75) is 10.9 Å². The molecule has 0 fully saturated rings. The van der Waals surface area contributed by atoms with Crippen molar-refractivity contribution >= 4 is 48.9 Å². The van der Waals surface area contributed by atoms with Crippen LogP contribution in [0.4, 0.5) is 0 Å². The monoisotopic (exact) mass is 250 g/mol. The van der Waals surface area contributed by atoms with Crippen molar-refractivity contribution in [3.8, 4) is 0 Å². The summed E-state index contributed by atoms with van der Waals surface area (Å²) < 4.78 is 5.18. The molecule has 9 heavy (non-hydrogen) atoms. The van der Waals surface area contributed by atoms with Gasteiger partial charge in [0.15, 0.2) is 9.76 Å². The number of halogens is 3. The first-order valence-corrected chi connectivity index (χ1v) is 6.26. The quantitative estimate of drug-likeness (QED) is 0.411. The van der Waals surface area contributed by atoms with Crippen LogP contribution in [0.15, 0.2) is 0 Å². The van der Waals surface area contributed by atoms with E-state index in [1.54, 1.807) is 0 Å². The molecule has 0 radical (unpaired) electrons. The van der Waals surface area contributed by atoms with E-state index < -0.39 is 0 Å². The zero-order chi connectivity index (χ0) is 7.11. The SMILES string of the molecule is ClC(Cl)CO[SiH2]CCBr. The topological polar surface area (TPSA) is 9.23 Å². The molecule has 5 heteroatoms. The Morgan fingerprint density at radius 1 is 1.56 bits per heavy atom. The highest BCUT2D eigenvalue weighted by molar-refractivity contribution is 9.09. The van der Waals surface area contributed by atoms with E-state index in [4.69, 9.17) is 27.6 Å². The van der Waals surface area contributed by atoms with Gasteiger partial charge in [-0.05, 0) is 6.04 Å². The number of rotatable bonds is 5. The maximum Gasteiger partial charge on any atom is 0.162 e. The lowest BCUT2D eigenvalue weighted by molar-refractivity contribution is 0.355. The van der Waals surface area contributed by atoms with Crippen LogP contribution in [0.25, 0.3) is 0 Å². The third-order valence-electron chi connectivity index (χ3n) is 0.666. The summed E-state index contributed by atoms with van der Waals surface area (Å²) in [5, 5.41) is 1.02. The minimum atomic E-state index is -0.354. The summed E-state index contributed by atoms with van der Waals surface area (Å²) >= 11 is 14.1. The first-order chi connectivity index (χ1) is 4.27. The van der Waals surface area contributed by atoms with Crippen LogP contribution in [0, 0.1) is 0 Å². The second-order valence-electron chi connectivity index (χ2n) is 1.51. The van der Waals surface area contributed by atoms with Gasteiger partial charge >= 0.3 is 0 Å². The fraction of sp³-hybridized carbons (Fsp3) is 1.00. The molecule has 0 aromatic carbocycles. The van der Waals surface area contributed by atoms with Crippen molar-refractivity contribution in [3.05, 3.63) is 0 Å². The van der Waals surface area contributed by atoms with Gasteiger partial charge in [-0.25, -0.2) is 0 Å². The molecular formula is C4H9BrCl2OSi. The van der Waals surface area contributed by atoms with Gasteiger partial charge in [0.05, 0.1) is 6.61 Å². The minimum Gasteiger partial charge on any atom is -0.421 e. The highest BCUT2D eigenvalue weighted by Gasteiger charge is 1.96. The standard InChI is InChI=1S/C4H9BrCl2OSi/c5-1-2-9-8-3-4(6)7/h4H,1-3,9H2. The molecule has 0 unspecified atom stereocenters. The highest BCUT2D eigenvalue weighted by Crippen LogP contribution is 2.01. The van der Waals surface area contributed by atoms with Crippen LogP contribution in [-0.4, -0.2) is 26.5 Å². The van der Waals surface area contributed by atoms with Crippen molar-refractivity contribution < 1.29 is 4.43 Å². The molecule has 0 aromatic heterocycles. The molecule has 0 atom stereocenters. The van der Waals surface area contributed by atoms with Crippen LogP contribution >= 0.6 is 39.1 Å². The van der Waals surface area contributed by atoms with E-state index in [0.29, 0.717) is 6.61 Å². The van der Waals surface area contributed by atoms with Gasteiger partial charge in [-0.1, -0.05) is 15.9 Å². The Hall–Kier alpha value is 1.24. The molecule has 0 N–H and O–H groups in total.